The predicted octanol–water partition coefficient (Wildman–Crippen LogP) is 11.4. The van der Waals surface area contributed by atoms with Gasteiger partial charge in [-0.05, 0) is 91.4 Å². The van der Waals surface area contributed by atoms with Crippen LogP contribution >= 0.6 is 0 Å². The van der Waals surface area contributed by atoms with E-state index in [1.165, 1.54) is 48.8 Å². The van der Waals surface area contributed by atoms with Gasteiger partial charge in [0.1, 0.15) is 11.2 Å². The summed E-state index contributed by atoms with van der Waals surface area (Å²) in [6.45, 7) is 6.98. The maximum absolute atomic E-state index is 6.43. The Hall–Kier alpha value is -6.78. The van der Waals surface area contributed by atoms with E-state index < -0.39 is 0 Å². The highest BCUT2D eigenvalue weighted by Gasteiger charge is 2.21. The van der Waals surface area contributed by atoms with Crippen molar-refractivity contribution in [1.82, 2.24) is 9.13 Å². The van der Waals surface area contributed by atoms with Crippen molar-refractivity contribution in [1.29, 1.82) is 0 Å². The van der Waals surface area contributed by atoms with Crippen LogP contribution in [0.2, 0.25) is 0 Å². The summed E-state index contributed by atoms with van der Waals surface area (Å²) in [5.74, 6) is 0. The largest absolute Gasteiger partial charge is 0.456 e. The lowest BCUT2D eigenvalue weighted by Crippen LogP contribution is -2.25. The fourth-order valence-electron chi connectivity index (χ4n) is 8.13. The van der Waals surface area contributed by atoms with Gasteiger partial charge in [-0.2, -0.15) is 0 Å². The number of allylic oxidation sites excluding steroid dienone is 5. The third kappa shape index (κ3) is 4.61. The van der Waals surface area contributed by atoms with Crippen molar-refractivity contribution >= 4 is 83.9 Å². The van der Waals surface area contributed by atoms with Gasteiger partial charge in [-0.15, -0.1) is 0 Å². The van der Waals surface area contributed by atoms with E-state index in [1.807, 2.05) is 18.2 Å². The maximum Gasteiger partial charge on any atom is 0.137 e. The maximum atomic E-state index is 6.43. The number of para-hydroxylation sites is 3. The van der Waals surface area contributed by atoms with Gasteiger partial charge in [-0.3, -0.25) is 0 Å². The summed E-state index contributed by atoms with van der Waals surface area (Å²) in [6.07, 6.45) is 12.7. The van der Waals surface area contributed by atoms with Crippen molar-refractivity contribution in [2.45, 2.75) is 13.5 Å². The summed E-state index contributed by atoms with van der Waals surface area (Å²) in [5.41, 5.74) is 10.9. The van der Waals surface area contributed by atoms with Crippen LogP contribution in [0.15, 0.2) is 174 Å². The smallest absolute Gasteiger partial charge is 0.137 e. The minimum absolute atomic E-state index is 0.842. The van der Waals surface area contributed by atoms with Crippen molar-refractivity contribution in [3.63, 3.8) is 0 Å². The first-order valence-corrected chi connectivity index (χ1v) is 17.8. The van der Waals surface area contributed by atoms with E-state index in [0.717, 1.165) is 51.2 Å². The number of furan rings is 1. The molecule has 248 valence electrons. The van der Waals surface area contributed by atoms with Crippen LogP contribution in [0.3, 0.4) is 0 Å². The first kappa shape index (κ1) is 30.1. The number of hydrogen-bond donors (Lipinski definition) is 0. The molecule has 1 aliphatic rings. The quantitative estimate of drug-likeness (QED) is 0.176. The van der Waals surface area contributed by atoms with E-state index >= 15 is 0 Å². The second-order valence-corrected chi connectivity index (χ2v) is 13.4. The molecule has 0 N–H and O–H groups in total. The number of aromatic nitrogens is 2. The Balaban J connectivity index is 1.23. The molecule has 0 aliphatic carbocycles. The van der Waals surface area contributed by atoms with Crippen molar-refractivity contribution < 1.29 is 4.42 Å². The third-order valence-corrected chi connectivity index (χ3v) is 10.4. The Bertz CT molecular complexity index is 3080. The molecule has 52 heavy (non-hydrogen) atoms. The van der Waals surface area contributed by atoms with Crippen LogP contribution in [0.1, 0.15) is 6.92 Å². The highest BCUT2D eigenvalue weighted by Crippen LogP contribution is 2.42. The molecule has 0 bridgehead atoms. The van der Waals surface area contributed by atoms with Gasteiger partial charge in [0.25, 0.3) is 0 Å². The lowest BCUT2D eigenvalue weighted by molar-refractivity contribution is 0.669. The van der Waals surface area contributed by atoms with E-state index in [-0.39, 0.29) is 0 Å². The Labute approximate surface area is 301 Å². The number of anilines is 3. The third-order valence-electron chi connectivity index (χ3n) is 10.4. The van der Waals surface area contributed by atoms with Gasteiger partial charge in [0.2, 0.25) is 0 Å². The monoisotopic (exact) mass is 669 g/mol. The molecule has 6 aromatic carbocycles. The molecule has 0 spiro atoms. The molecule has 4 heteroatoms. The predicted molar refractivity (Wildman–Crippen MR) is 220 cm³/mol. The standard InChI is InChI=1S/C48H35N3O/c1-3-5-14-32-27-46-37(13-4-2)41-28-34(22-25-43(41)49(46)31-32)50(36-21-24-40-39-18-10-12-20-47(39)52-48(40)30-36)35-23-26-45-42(29-35)38-17-9-11-19-44(38)51(45)33-15-7-6-8-16-33/h3-30H,2,31H2,1H3/b5-3-,32-14-,37-13-. The van der Waals surface area contributed by atoms with Crippen molar-refractivity contribution in [2.75, 3.05) is 4.90 Å². The first-order chi connectivity index (χ1) is 25.7. The molecule has 0 saturated carbocycles. The molecular weight excluding hydrogens is 635 g/mol. The Morgan fingerprint density at radius 1 is 0.615 bits per heavy atom. The lowest BCUT2D eigenvalue weighted by Gasteiger charge is -2.26. The minimum Gasteiger partial charge on any atom is -0.456 e. The fourth-order valence-corrected chi connectivity index (χ4v) is 8.13. The summed E-state index contributed by atoms with van der Waals surface area (Å²) < 4.78 is 11.2. The summed E-state index contributed by atoms with van der Waals surface area (Å²) >= 11 is 0. The minimum atomic E-state index is 0.842. The van der Waals surface area contributed by atoms with Gasteiger partial charge >= 0.3 is 0 Å². The van der Waals surface area contributed by atoms with Crippen molar-refractivity contribution in [3.05, 3.63) is 180 Å². The summed E-state index contributed by atoms with van der Waals surface area (Å²) in [4.78, 5) is 2.36. The zero-order valence-corrected chi connectivity index (χ0v) is 28.8. The average molecular weight is 670 g/mol. The van der Waals surface area contributed by atoms with Gasteiger partial charge in [0.05, 0.1) is 11.0 Å². The fraction of sp³-hybridized carbons (Fsp3) is 0.0417. The van der Waals surface area contributed by atoms with E-state index in [1.54, 1.807) is 0 Å². The topological polar surface area (TPSA) is 26.2 Å². The summed E-state index contributed by atoms with van der Waals surface area (Å²) in [5, 5.41) is 8.25. The lowest BCUT2D eigenvalue weighted by atomic mass is 10.1. The molecule has 9 aromatic rings. The molecule has 3 aromatic heterocycles. The van der Waals surface area contributed by atoms with Crippen LogP contribution < -0.4 is 15.5 Å². The average Bonchev–Trinajstić information content (AvgIpc) is 3.93. The number of nitrogens with zero attached hydrogens (tertiary/aromatic N) is 3. The van der Waals surface area contributed by atoms with Gasteiger partial charge in [-0.1, -0.05) is 91.6 Å². The summed E-state index contributed by atoms with van der Waals surface area (Å²) in [7, 11) is 0. The molecule has 0 atom stereocenters. The van der Waals surface area contributed by atoms with Gasteiger partial charge in [0.15, 0.2) is 0 Å². The van der Waals surface area contributed by atoms with Crippen LogP contribution in [0.4, 0.5) is 17.1 Å². The first-order valence-electron chi connectivity index (χ1n) is 17.8. The molecule has 4 heterocycles. The van der Waals surface area contributed by atoms with E-state index in [4.69, 9.17) is 4.42 Å². The molecule has 0 saturated heterocycles. The highest BCUT2D eigenvalue weighted by atomic mass is 16.3. The molecule has 0 radical (unpaired) electrons. The molecule has 0 fully saturated rings. The van der Waals surface area contributed by atoms with Gasteiger partial charge in [-0.25, -0.2) is 0 Å². The molecule has 0 unspecified atom stereocenters. The molecular formula is C48H35N3O. The van der Waals surface area contributed by atoms with E-state index in [0.29, 0.717) is 0 Å². The molecule has 0 amide bonds. The van der Waals surface area contributed by atoms with Crippen LogP contribution in [-0.2, 0) is 6.54 Å². The number of rotatable bonds is 6. The Morgan fingerprint density at radius 3 is 2.12 bits per heavy atom. The molecule has 10 rings (SSSR count). The van der Waals surface area contributed by atoms with Crippen molar-refractivity contribution in [2.24, 2.45) is 0 Å². The number of fused-ring (bicyclic) bond motifs is 9. The number of benzene rings is 6. The second kappa shape index (κ2) is 11.9. The van der Waals surface area contributed by atoms with Crippen LogP contribution in [-0.4, -0.2) is 9.13 Å². The Morgan fingerprint density at radius 2 is 1.29 bits per heavy atom. The van der Waals surface area contributed by atoms with Crippen LogP contribution in [0.5, 0.6) is 0 Å². The zero-order valence-electron chi connectivity index (χ0n) is 28.8. The molecule has 1 aliphatic heterocycles. The van der Waals surface area contributed by atoms with Crippen LogP contribution in [0, 0.1) is 0 Å². The van der Waals surface area contributed by atoms with E-state index in [9.17, 15) is 0 Å². The second-order valence-electron chi connectivity index (χ2n) is 13.4. The van der Waals surface area contributed by atoms with Crippen LogP contribution in [0.25, 0.3) is 72.5 Å². The Kier molecular flexibility index (Phi) is 6.90. The highest BCUT2D eigenvalue weighted by molar-refractivity contribution is 6.11. The van der Waals surface area contributed by atoms with Gasteiger partial charge in [0, 0.05) is 78.4 Å². The summed E-state index contributed by atoms with van der Waals surface area (Å²) in [6, 6.07) is 47.9. The normalized spacial score (nSPS) is 14.1. The number of hydrogen-bond acceptors (Lipinski definition) is 2. The SMILES string of the molecule is C=C/C=c1c2n(c3ccc(N(c4ccc5c(c4)oc4ccccc45)c4ccc5c(c4)c4ccccc4n5-c4ccccc4)cc\13)C/C(=C\C=C/C)C=2. The molecule has 4 nitrogen and oxygen atoms in total. The van der Waals surface area contributed by atoms with Crippen molar-refractivity contribution in [3.8, 4) is 5.69 Å². The zero-order chi connectivity index (χ0) is 34.8. The van der Waals surface area contributed by atoms with Gasteiger partial charge < -0.3 is 18.5 Å². The van der Waals surface area contributed by atoms with E-state index in [2.05, 4.69) is 179 Å².